The van der Waals surface area contributed by atoms with E-state index in [9.17, 15) is 62.1 Å². The van der Waals surface area contributed by atoms with E-state index in [4.69, 9.17) is 15.3 Å². The largest absolute Gasteiger partial charge is 0.506 e. The number of aromatic nitrogens is 5. The number of pyridine rings is 1. The fourth-order valence-corrected chi connectivity index (χ4v) is 7.70. The topological polar surface area (TPSA) is 301 Å². The van der Waals surface area contributed by atoms with E-state index in [-0.39, 0.29) is 60.1 Å². The Bertz CT molecular complexity index is 3580. The molecule has 0 bridgehead atoms. The molecule has 0 fully saturated rings. The molecular formula is C50H48F2I2N6O15. The molecule has 0 spiro atoms. The Morgan fingerprint density at radius 1 is 0.653 bits per heavy atom. The van der Waals surface area contributed by atoms with Crippen molar-refractivity contribution in [3.05, 3.63) is 190 Å². The number of nitrogens with one attached hydrogen (secondary N) is 1. The van der Waals surface area contributed by atoms with Gasteiger partial charge in [0.05, 0.1) is 43.2 Å². The summed E-state index contributed by atoms with van der Waals surface area (Å²) in [4.78, 5) is 104. The van der Waals surface area contributed by atoms with Crippen LogP contribution in [0.4, 0.5) is 14.6 Å². The molecule has 3 aromatic heterocycles. The maximum absolute atomic E-state index is 15.0. The molecule has 25 heteroatoms. The summed E-state index contributed by atoms with van der Waals surface area (Å²) in [5.74, 6) is -6.67. The number of nitrogens with zero attached hydrogens (tertiary/aromatic N) is 5. The van der Waals surface area contributed by atoms with Gasteiger partial charge in [0.1, 0.15) is 34.2 Å². The Hall–Kier alpha value is -7.63. The number of aliphatic carboxylic acids is 2. The van der Waals surface area contributed by atoms with Crippen LogP contribution in [0.2, 0.25) is 0 Å². The number of ether oxygens (including phenoxy) is 1. The number of esters is 2. The Morgan fingerprint density at radius 2 is 1.07 bits per heavy atom. The van der Waals surface area contributed by atoms with E-state index in [0.717, 1.165) is 40.9 Å². The van der Waals surface area contributed by atoms with Gasteiger partial charge in [-0.25, -0.2) is 27.5 Å². The number of benzene rings is 4. The van der Waals surface area contributed by atoms with Crippen molar-refractivity contribution in [2.24, 2.45) is 13.0 Å². The van der Waals surface area contributed by atoms with Crippen molar-refractivity contribution < 1.29 is 58.2 Å². The van der Waals surface area contributed by atoms with E-state index in [1.807, 2.05) is 45.2 Å². The monoisotopic (exact) mass is 1260 g/mol. The van der Waals surface area contributed by atoms with Crippen LogP contribution in [0.5, 0.6) is 5.75 Å². The van der Waals surface area contributed by atoms with Gasteiger partial charge in [-0.05, 0) is 118 Å². The highest BCUT2D eigenvalue weighted by molar-refractivity contribution is 14.1. The average molecular weight is 1260 g/mol. The van der Waals surface area contributed by atoms with E-state index in [0.29, 0.717) is 18.3 Å². The minimum absolute atomic E-state index is 0.0410. The molecule has 0 atom stereocenters. The number of rotatable bonds is 11. The van der Waals surface area contributed by atoms with Crippen LogP contribution in [0.1, 0.15) is 48.6 Å². The number of fused-ring (bicyclic) bond motifs is 1. The molecule has 0 amide bonds. The van der Waals surface area contributed by atoms with Gasteiger partial charge in [0.25, 0.3) is 16.7 Å². The third-order valence-electron chi connectivity index (χ3n) is 10.7. The first kappa shape index (κ1) is 59.9. The van der Waals surface area contributed by atoms with Gasteiger partial charge in [0.2, 0.25) is 0 Å². The zero-order valence-corrected chi connectivity index (χ0v) is 44.9. The van der Waals surface area contributed by atoms with Crippen LogP contribution in [0, 0.1) is 31.6 Å². The van der Waals surface area contributed by atoms with Gasteiger partial charge >= 0.3 is 35.3 Å². The maximum Gasteiger partial charge on any atom is 0.337 e. The SMILES string of the molecule is CC(=O)OC(C)=O.CC(C(=O)O)C(=O)O.CNc1cc(=O)n(Cc2ccc(CO)cc2)c(=O)n1-c1ccc(I)cc1F.Cc1c(O)c2c(=O)n(Cc3ccc(CO)cc3)c(=O)n(-c3ccc(I)cc3F)c2n(C)c1=O. The molecule has 396 valence electrons. The standard InChI is InChI=1S/C23H19FIN3O5.C19H17FIN3O3.C4H6O4.C4H6O3/c1-12-19(30)18-20(26(2)21(12)31)28(17-8-7-15(25)9-16(17)24)23(33)27(22(18)32)10-13-3-5-14(11-29)6-4-13;1-22-17-9-18(26)23(10-12-2-4-13(11-25)5-3-12)19(27)24(17)16-7-6-14(21)8-15(16)20;1-2(3(5)6)4(7)8;1-3(5)7-4(2)6/h3-9,29-30H,10-11H2,1-2H3;2-9,22,25H,10-11H2,1H3;2H,1H3,(H,5,6)(H,7,8);1-2H3. The number of aromatic hydroxyl groups is 1. The lowest BCUT2D eigenvalue weighted by Gasteiger charge is -2.18. The molecule has 7 rings (SSSR count). The van der Waals surface area contributed by atoms with Gasteiger partial charge in [0.15, 0.2) is 5.92 Å². The van der Waals surface area contributed by atoms with E-state index >= 15 is 0 Å². The highest BCUT2D eigenvalue weighted by Gasteiger charge is 2.25. The van der Waals surface area contributed by atoms with Crippen molar-refractivity contribution in [3.8, 4) is 17.1 Å². The number of hydrogen-bond acceptors (Lipinski definition) is 14. The van der Waals surface area contributed by atoms with Crippen LogP contribution in [0.15, 0.2) is 115 Å². The summed E-state index contributed by atoms with van der Waals surface area (Å²) in [6, 6.07) is 23.5. The average Bonchev–Trinajstić information content (AvgIpc) is 3.35. The maximum atomic E-state index is 15.0. The number of carbonyl (C=O) groups is 4. The zero-order valence-electron chi connectivity index (χ0n) is 40.6. The molecule has 0 unspecified atom stereocenters. The fourth-order valence-electron chi connectivity index (χ4n) is 6.80. The van der Waals surface area contributed by atoms with Crippen LogP contribution < -0.4 is 33.4 Å². The first-order valence-electron chi connectivity index (χ1n) is 21.8. The number of hydrogen-bond donors (Lipinski definition) is 6. The second kappa shape index (κ2) is 26.5. The number of carboxylic acids is 2. The van der Waals surface area contributed by atoms with Crippen LogP contribution in [-0.2, 0) is 57.3 Å². The molecular weight excluding hydrogens is 1220 g/mol. The Labute approximate surface area is 450 Å². The predicted molar refractivity (Wildman–Crippen MR) is 286 cm³/mol. The Kier molecular flexibility index (Phi) is 21.2. The zero-order chi connectivity index (χ0) is 56.2. The summed E-state index contributed by atoms with van der Waals surface area (Å²) in [6.07, 6.45) is 0. The second-order valence-corrected chi connectivity index (χ2v) is 18.5. The Balaban J connectivity index is 0.000000258. The summed E-state index contributed by atoms with van der Waals surface area (Å²) < 4.78 is 39.8. The number of carboxylic acid groups (broad SMARTS) is 2. The second-order valence-electron chi connectivity index (χ2n) is 16.0. The summed E-state index contributed by atoms with van der Waals surface area (Å²) in [5, 5.41) is 47.5. The van der Waals surface area contributed by atoms with Crippen LogP contribution in [-0.4, -0.2) is 79.3 Å². The molecule has 0 saturated heterocycles. The Morgan fingerprint density at radius 3 is 1.44 bits per heavy atom. The third-order valence-corrected chi connectivity index (χ3v) is 12.1. The van der Waals surface area contributed by atoms with E-state index in [1.165, 1.54) is 58.2 Å². The first-order chi connectivity index (χ1) is 35.3. The van der Waals surface area contributed by atoms with Crippen molar-refractivity contribution >= 4 is 85.9 Å². The molecule has 3 heterocycles. The molecule has 0 radical (unpaired) electrons. The smallest absolute Gasteiger partial charge is 0.337 e. The predicted octanol–water partition coefficient (Wildman–Crippen LogP) is 4.36. The molecule has 0 aliphatic heterocycles. The van der Waals surface area contributed by atoms with Crippen LogP contribution in [0.25, 0.3) is 22.4 Å². The molecule has 0 aliphatic carbocycles. The van der Waals surface area contributed by atoms with Gasteiger partial charge in [-0.15, -0.1) is 0 Å². The minimum atomic E-state index is -1.31. The first-order valence-corrected chi connectivity index (χ1v) is 24.0. The summed E-state index contributed by atoms with van der Waals surface area (Å²) >= 11 is 3.91. The van der Waals surface area contributed by atoms with Gasteiger partial charge in [-0.3, -0.25) is 47.3 Å². The van der Waals surface area contributed by atoms with Crippen molar-refractivity contribution in [3.63, 3.8) is 0 Å². The molecule has 7 aromatic rings. The summed E-state index contributed by atoms with van der Waals surface area (Å²) in [5.41, 5.74) is -1.08. The lowest BCUT2D eigenvalue weighted by Crippen LogP contribution is -2.42. The number of aliphatic hydroxyl groups is 2. The summed E-state index contributed by atoms with van der Waals surface area (Å²) in [6.45, 7) is 4.49. The fraction of sp³-hybridized carbons (Fsp3) is 0.220. The molecule has 6 N–H and O–H groups in total. The summed E-state index contributed by atoms with van der Waals surface area (Å²) in [7, 11) is 2.92. The van der Waals surface area contributed by atoms with E-state index in [1.54, 1.807) is 67.7 Å². The van der Waals surface area contributed by atoms with Crippen molar-refractivity contribution in [1.82, 2.24) is 22.8 Å². The van der Waals surface area contributed by atoms with E-state index < -0.39 is 75.2 Å². The number of aryl methyl sites for hydroxylation is 1. The number of halogens is 4. The van der Waals surface area contributed by atoms with Gasteiger partial charge in [0, 0.05) is 41.1 Å². The lowest BCUT2D eigenvalue weighted by molar-refractivity contribution is -0.157. The molecule has 0 aliphatic rings. The third kappa shape index (κ3) is 14.8. The minimum Gasteiger partial charge on any atom is -0.506 e. The van der Waals surface area contributed by atoms with Gasteiger partial charge in [-0.1, -0.05) is 48.5 Å². The molecule has 4 aromatic carbocycles. The molecule has 75 heavy (non-hydrogen) atoms. The number of carbonyl (C=O) groups excluding carboxylic acids is 2. The van der Waals surface area contributed by atoms with Crippen molar-refractivity contribution in [2.45, 2.75) is 54.0 Å². The number of anilines is 1. The normalized spacial score (nSPS) is 10.6. The molecule has 21 nitrogen and oxygen atoms in total. The quantitative estimate of drug-likeness (QED) is 0.0596. The van der Waals surface area contributed by atoms with Gasteiger partial charge < -0.3 is 35.6 Å². The van der Waals surface area contributed by atoms with Crippen molar-refractivity contribution in [1.29, 1.82) is 0 Å². The van der Waals surface area contributed by atoms with Crippen LogP contribution in [0.3, 0.4) is 0 Å². The lowest BCUT2D eigenvalue weighted by atomic mass is 10.1. The highest BCUT2D eigenvalue weighted by atomic mass is 127. The van der Waals surface area contributed by atoms with Gasteiger partial charge in [-0.2, -0.15) is 0 Å². The van der Waals surface area contributed by atoms with Crippen LogP contribution >= 0.6 is 45.2 Å². The van der Waals surface area contributed by atoms with Crippen molar-refractivity contribution in [2.75, 3.05) is 12.4 Å². The van der Waals surface area contributed by atoms with E-state index in [2.05, 4.69) is 10.1 Å². The highest BCUT2D eigenvalue weighted by Crippen LogP contribution is 2.25. The molecule has 0 saturated carbocycles. The number of aliphatic hydroxyl groups excluding tert-OH is 2.